The molecule has 0 saturated carbocycles. The maximum Gasteiger partial charge on any atom is 0.273 e. The molecule has 0 radical (unpaired) electrons. The minimum Gasteiger partial charge on any atom is -0.481 e. The molecule has 0 atom stereocenters. The molecule has 3 heterocycles. The Hall–Kier alpha value is -3.41. The quantitative estimate of drug-likeness (QED) is 0.626. The van der Waals surface area contributed by atoms with Crippen LogP contribution in [0.3, 0.4) is 0 Å². The highest BCUT2D eigenvalue weighted by Gasteiger charge is 2.15. The molecule has 0 saturated heterocycles. The Bertz CT molecular complexity index is 1100. The predicted octanol–water partition coefficient (Wildman–Crippen LogP) is 3.07. The molecule has 0 aliphatic rings. The summed E-state index contributed by atoms with van der Waals surface area (Å²) in [5.41, 5.74) is 4.59. The number of pyridine rings is 1. The summed E-state index contributed by atoms with van der Waals surface area (Å²) in [7, 11) is 1.56. The van der Waals surface area contributed by atoms with Gasteiger partial charge < -0.3 is 4.74 Å². The first kappa shape index (κ1) is 15.1. The van der Waals surface area contributed by atoms with Gasteiger partial charge in [0, 0.05) is 35.2 Å². The summed E-state index contributed by atoms with van der Waals surface area (Å²) in [4.78, 5) is 21.4. The minimum atomic E-state index is -0.166. The van der Waals surface area contributed by atoms with E-state index in [0.717, 1.165) is 22.4 Å². The standard InChI is InChI=1S/C19H16N4O2/c1-12-18(13-6-4-3-5-7-13)19-21-15(10-17(24)23(19)22-12)14-8-9-16(25-2)20-11-14/h3-11,22H,1-2H3. The lowest BCUT2D eigenvalue weighted by Gasteiger charge is -2.04. The third-order valence-electron chi connectivity index (χ3n) is 4.10. The average molecular weight is 332 g/mol. The van der Waals surface area contributed by atoms with Crippen LogP contribution in [0.1, 0.15) is 5.69 Å². The first-order valence-electron chi connectivity index (χ1n) is 7.85. The van der Waals surface area contributed by atoms with E-state index in [9.17, 15) is 4.79 Å². The highest BCUT2D eigenvalue weighted by molar-refractivity contribution is 5.80. The van der Waals surface area contributed by atoms with Gasteiger partial charge in [0.25, 0.3) is 5.56 Å². The molecule has 4 aromatic rings. The summed E-state index contributed by atoms with van der Waals surface area (Å²) in [5, 5.41) is 3.10. The smallest absolute Gasteiger partial charge is 0.273 e. The number of methoxy groups -OCH3 is 1. The number of hydrogen-bond acceptors (Lipinski definition) is 4. The van der Waals surface area contributed by atoms with Gasteiger partial charge in [0.15, 0.2) is 5.65 Å². The molecule has 4 rings (SSSR count). The number of H-pyrrole nitrogens is 1. The molecule has 6 heteroatoms. The van der Waals surface area contributed by atoms with Crippen LogP contribution in [0.25, 0.3) is 28.0 Å². The third-order valence-corrected chi connectivity index (χ3v) is 4.10. The van der Waals surface area contributed by atoms with Crippen molar-refractivity contribution in [3.63, 3.8) is 0 Å². The van der Waals surface area contributed by atoms with E-state index in [-0.39, 0.29) is 5.56 Å². The number of aromatic nitrogens is 4. The number of nitrogens with one attached hydrogen (secondary N) is 1. The van der Waals surface area contributed by atoms with Gasteiger partial charge >= 0.3 is 0 Å². The topological polar surface area (TPSA) is 72.3 Å². The van der Waals surface area contributed by atoms with Crippen LogP contribution in [0, 0.1) is 6.92 Å². The second kappa shape index (κ2) is 5.90. The Kier molecular flexibility index (Phi) is 3.57. The summed E-state index contributed by atoms with van der Waals surface area (Å²) in [6, 6.07) is 15.0. The molecule has 1 aromatic carbocycles. The zero-order valence-corrected chi connectivity index (χ0v) is 13.9. The molecule has 25 heavy (non-hydrogen) atoms. The zero-order valence-electron chi connectivity index (χ0n) is 13.9. The lowest BCUT2D eigenvalue weighted by atomic mass is 10.1. The van der Waals surface area contributed by atoms with Crippen LogP contribution in [0.5, 0.6) is 5.88 Å². The van der Waals surface area contributed by atoms with E-state index in [2.05, 4.69) is 10.1 Å². The van der Waals surface area contributed by atoms with Crippen molar-refractivity contribution >= 4 is 5.65 Å². The lowest BCUT2D eigenvalue weighted by Crippen LogP contribution is -2.14. The van der Waals surface area contributed by atoms with Crippen molar-refractivity contribution in [2.45, 2.75) is 6.92 Å². The summed E-state index contributed by atoms with van der Waals surface area (Å²) in [6.07, 6.45) is 1.65. The Morgan fingerprint density at radius 1 is 1.08 bits per heavy atom. The van der Waals surface area contributed by atoms with Crippen molar-refractivity contribution in [1.29, 1.82) is 0 Å². The summed E-state index contributed by atoms with van der Waals surface area (Å²) >= 11 is 0. The third kappa shape index (κ3) is 2.57. The summed E-state index contributed by atoms with van der Waals surface area (Å²) in [5.74, 6) is 0.518. The van der Waals surface area contributed by atoms with Crippen molar-refractivity contribution in [1.82, 2.24) is 19.6 Å². The number of nitrogens with zero attached hydrogens (tertiary/aromatic N) is 3. The number of aromatic amines is 1. The van der Waals surface area contributed by atoms with Crippen molar-refractivity contribution in [3.8, 4) is 28.3 Å². The molecule has 0 amide bonds. The first-order chi connectivity index (χ1) is 12.2. The summed E-state index contributed by atoms with van der Waals surface area (Å²) in [6.45, 7) is 1.94. The number of ether oxygens (including phenoxy) is 1. The van der Waals surface area contributed by atoms with Gasteiger partial charge in [-0.15, -0.1) is 0 Å². The molecule has 0 spiro atoms. The summed E-state index contributed by atoms with van der Waals surface area (Å²) < 4.78 is 6.55. The van der Waals surface area contributed by atoms with Gasteiger partial charge in [-0.1, -0.05) is 30.3 Å². The fourth-order valence-electron chi connectivity index (χ4n) is 2.90. The predicted molar refractivity (Wildman–Crippen MR) is 95.8 cm³/mol. The lowest BCUT2D eigenvalue weighted by molar-refractivity contribution is 0.398. The number of rotatable bonds is 3. The molecular formula is C19H16N4O2. The molecular weight excluding hydrogens is 316 g/mol. The molecule has 124 valence electrons. The van der Waals surface area contributed by atoms with E-state index in [4.69, 9.17) is 9.72 Å². The largest absolute Gasteiger partial charge is 0.481 e. The molecule has 0 aliphatic carbocycles. The number of aryl methyl sites for hydroxylation is 1. The van der Waals surface area contributed by atoms with Crippen molar-refractivity contribution in [3.05, 3.63) is 70.8 Å². The Morgan fingerprint density at radius 2 is 1.88 bits per heavy atom. The van der Waals surface area contributed by atoms with Gasteiger partial charge in [0.1, 0.15) is 0 Å². The van der Waals surface area contributed by atoms with E-state index in [1.54, 1.807) is 19.4 Å². The molecule has 6 nitrogen and oxygen atoms in total. The van der Waals surface area contributed by atoms with Crippen molar-refractivity contribution in [2.24, 2.45) is 0 Å². The SMILES string of the molecule is COc1ccc(-c2cc(=O)n3[nH]c(C)c(-c4ccccc4)c3n2)cn1. The maximum absolute atomic E-state index is 12.5. The van der Waals surface area contributed by atoms with E-state index in [1.165, 1.54) is 10.6 Å². The fraction of sp³-hybridized carbons (Fsp3) is 0.105. The Morgan fingerprint density at radius 3 is 2.56 bits per heavy atom. The van der Waals surface area contributed by atoms with Gasteiger partial charge in [-0.3, -0.25) is 9.89 Å². The van der Waals surface area contributed by atoms with Crippen LogP contribution in [0.2, 0.25) is 0 Å². The first-order valence-corrected chi connectivity index (χ1v) is 7.85. The van der Waals surface area contributed by atoms with Gasteiger partial charge in [0.05, 0.1) is 12.8 Å². The average Bonchev–Trinajstić information content (AvgIpc) is 2.99. The van der Waals surface area contributed by atoms with Crippen LogP contribution in [-0.2, 0) is 0 Å². The number of hydrogen-bond donors (Lipinski definition) is 1. The van der Waals surface area contributed by atoms with Gasteiger partial charge in [-0.05, 0) is 18.6 Å². The van der Waals surface area contributed by atoms with Gasteiger partial charge in [0.2, 0.25) is 5.88 Å². The fourth-order valence-corrected chi connectivity index (χ4v) is 2.90. The minimum absolute atomic E-state index is 0.166. The molecule has 0 fully saturated rings. The van der Waals surface area contributed by atoms with E-state index in [0.29, 0.717) is 17.2 Å². The second-order valence-electron chi connectivity index (χ2n) is 5.71. The highest BCUT2D eigenvalue weighted by atomic mass is 16.5. The van der Waals surface area contributed by atoms with Gasteiger partial charge in [-0.2, -0.15) is 0 Å². The van der Waals surface area contributed by atoms with Crippen LogP contribution >= 0.6 is 0 Å². The molecule has 0 bridgehead atoms. The van der Waals surface area contributed by atoms with Crippen LogP contribution < -0.4 is 10.3 Å². The molecule has 0 unspecified atom stereocenters. The molecule has 0 aliphatic heterocycles. The van der Waals surface area contributed by atoms with Crippen LogP contribution in [0.4, 0.5) is 0 Å². The maximum atomic E-state index is 12.5. The van der Waals surface area contributed by atoms with Crippen LogP contribution in [-0.4, -0.2) is 26.7 Å². The van der Waals surface area contributed by atoms with Crippen molar-refractivity contribution in [2.75, 3.05) is 7.11 Å². The zero-order chi connectivity index (χ0) is 17.4. The number of fused-ring (bicyclic) bond motifs is 1. The second-order valence-corrected chi connectivity index (χ2v) is 5.71. The monoisotopic (exact) mass is 332 g/mol. The van der Waals surface area contributed by atoms with E-state index >= 15 is 0 Å². The number of benzene rings is 1. The Labute approximate surface area is 143 Å². The Balaban J connectivity index is 1.95. The van der Waals surface area contributed by atoms with Crippen molar-refractivity contribution < 1.29 is 4.74 Å². The highest BCUT2D eigenvalue weighted by Crippen LogP contribution is 2.27. The van der Waals surface area contributed by atoms with Crippen LogP contribution in [0.15, 0.2) is 59.5 Å². The van der Waals surface area contributed by atoms with E-state index < -0.39 is 0 Å². The molecule has 1 N–H and O–H groups in total. The van der Waals surface area contributed by atoms with E-state index in [1.807, 2.05) is 43.3 Å². The van der Waals surface area contributed by atoms with Gasteiger partial charge in [-0.25, -0.2) is 14.5 Å². The normalized spacial score (nSPS) is 11.0. The molecule has 3 aromatic heterocycles.